The lowest BCUT2D eigenvalue weighted by Crippen LogP contribution is -2.75. The second-order valence-corrected chi connectivity index (χ2v) is 9.65. The number of fused-ring (bicyclic) bond motifs is 1. The Morgan fingerprint density at radius 1 is 1.27 bits per heavy atom. The molecule has 2 heterocycles. The van der Waals surface area contributed by atoms with Gasteiger partial charge in [-0.05, 0) is 19.4 Å². The molecular weight excluding hydrogens is 402 g/mol. The average Bonchev–Trinajstić information content (AvgIpc) is 2.92. The standard InChI is InChI=1S/C22H27N3O4S/c1-5-12-22(20(28)29)21(3,4)30-19-16(18(27)25(19)22)24-17(26)15(23-13-6-2)14-10-8-7-9-11-14/h5-11,15-16,19,23H,1-2,12-13H2,3-4H3,(H,24,26)(H,28,29)/t15?,16-,19-,22+/m1/s1. The number of carboxylic acids is 1. The van der Waals surface area contributed by atoms with Crippen molar-refractivity contribution >= 4 is 29.5 Å². The average molecular weight is 430 g/mol. The summed E-state index contributed by atoms with van der Waals surface area (Å²) in [5, 5.41) is 15.5. The van der Waals surface area contributed by atoms with Crippen molar-refractivity contribution < 1.29 is 19.5 Å². The van der Waals surface area contributed by atoms with E-state index in [2.05, 4.69) is 23.8 Å². The summed E-state index contributed by atoms with van der Waals surface area (Å²) in [5.41, 5.74) is -0.617. The number of aliphatic carboxylic acids is 1. The Kier molecular flexibility index (Phi) is 6.10. The highest BCUT2D eigenvalue weighted by Gasteiger charge is 2.72. The minimum absolute atomic E-state index is 0.138. The molecule has 3 rings (SSSR count). The van der Waals surface area contributed by atoms with E-state index < -0.39 is 33.7 Å². The third-order valence-corrected chi connectivity index (χ3v) is 7.47. The summed E-state index contributed by atoms with van der Waals surface area (Å²) in [4.78, 5) is 39.7. The lowest BCUT2D eigenvalue weighted by atomic mass is 9.78. The zero-order chi connectivity index (χ0) is 22.1. The number of hydrogen-bond acceptors (Lipinski definition) is 5. The van der Waals surface area contributed by atoms with Crippen LogP contribution in [0.4, 0.5) is 0 Å². The molecule has 7 nitrogen and oxygen atoms in total. The highest BCUT2D eigenvalue weighted by molar-refractivity contribution is 8.01. The molecule has 2 aliphatic rings. The molecule has 2 saturated heterocycles. The van der Waals surface area contributed by atoms with Gasteiger partial charge in [0.15, 0.2) is 5.54 Å². The molecule has 4 atom stereocenters. The Bertz CT molecular complexity index is 872. The number of amides is 2. The Labute approximate surface area is 180 Å². The Morgan fingerprint density at radius 3 is 2.50 bits per heavy atom. The first-order valence-electron chi connectivity index (χ1n) is 9.76. The van der Waals surface area contributed by atoms with Crippen LogP contribution in [-0.2, 0) is 14.4 Å². The fourth-order valence-electron chi connectivity index (χ4n) is 4.26. The number of benzene rings is 1. The van der Waals surface area contributed by atoms with Crippen LogP contribution in [0.25, 0.3) is 0 Å². The van der Waals surface area contributed by atoms with Gasteiger partial charge in [-0.3, -0.25) is 14.9 Å². The molecule has 0 radical (unpaired) electrons. The third kappa shape index (κ3) is 3.33. The molecule has 2 amide bonds. The molecule has 0 aliphatic carbocycles. The second kappa shape index (κ2) is 8.28. The number of β-lactam (4-membered cyclic amide) rings is 1. The van der Waals surface area contributed by atoms with Crippen molar-refractivity contribution in [3.05, 3.63) is 61.2 Å². The molecule has 0 spiro atoms. The molecule has 2 fully saturated rings. The van der Waals surface area contributed by atoms with Crippen molar-refractivity contribution in [3.8, 4) is 0 Å². The summed E-state index contributed by atoms with van der Waals surface area (Å²) in [7, 11) is 0. The van der Waals surface area contributed by atoms with E-state index in [1.54, 1.807) is 6.08 Å². The van der Waals surface area contributed by atoms with Crippen molar-refractivity contribution in [2.24, 2.45) is 0 Å². The minimum atomic E-state index is -1.39. The fraction of sp³-hybridized carbons (Fsp3) is 0.409. The highest BCUT2D eigenvalue weighted by Crippen LogP contribution is 2.58. The summed E-state index contributed by atoms with van der Waals surface area (Å²) in [6, 6.07) is 7.79. The van der Waals surface area contributed by atoms with E-state index in [0.29, 0.717) is 6.54 Å². The van der Waals surface area contributed by atoms with E-state index in [4.69, 9.17) is 0 Å². The molecule has 1 aromatic rings. The largest absolute Gasteiger partial charge is 0.479 e. The van der Waals surface area contributed by atoms with Gasteiger partial charge in [0.1, 0.15) is 17.5 Å². The Balaban J connectivity index is 1.83. The Morgan fingerprint density at radius 2 is 1.93 bits per heavy atom. The smallest absolute Gasteiger partial charge is 0.331 e. The van der Waals surface area contributed by atoms with Crippen LogP contribution in [0.1, 0.15) is 31.9 Å². The van der Waals surface area contributed by atoms with Gasteiger partial charge in [0.25, 0.3) is 0 Å². The third-order valence-electron chi connectivity index (χ3n) is 5.82. The maximum atomic E-state index is 13.0. The molecule has 1 unspecified atom stereocenters. The first-order valence-corrected chi connectivity index (χ1v) is 10.6. The molecule has 0 bridgehead atoms. The molecule has 2 aliphatic heterocycles. The van der Waals surface area contributed by atoms with Crippen LogP contribution in [0.5, 0.6) is 0 Å². The van der Waals surface area contributed by atoms with E-state index in [0.717, 1.165) is 5.56 Å². The first-order chi connectivity index (χ1) is 14.2. The maximum absolute atomic E-state index is 13.0. The van der Waals surface area contributed by atoms with Gasteiger partial charge < -0.3 is 15.3 Å². The number of carbonyl (C=O) groups excluding carboxylic acids is 2. The number of nitrogens with one attached hydrogen (secondary N) is 2. The zero-order valence-corrected chi connectivity index (χ0v) is 17.9. The van der Waals surface area contributed by atoms with Gasteiger partial charge in [-0.1, -0.05) is 42.5 Å². The topological polar surface area (TPSA) is 98.7 Å². The summed E-state index contributed by atoms with van der Waals surface area (Å²) in [5.74, 6) is -1.78. The number of thioether (sulfide) groups is 1. The van der Waals surface area contributed by atoms with Gasteiger partial charge in [-0.25, -0.2) is 4.79 Å². The van der Waals surface area contributed by atoms with E-state index in [-0.39, 0.29) is 18.2 Å². The second-order valence-electron chi connectivity index (χ2n) is 7.91. The fourth-order valence-corrected chi connectivity index (χ4v) is 6.04. The molecule has 1 aromatic carbocycles. The number of rotatable bonds is 9. The van der Waals surface area contributed by atoms with Gasteiger partial charge in [0, 0.05) is 17.7 Å². The number of carbonyl (C=O) groups is 3. The van der Waals surface area contributed by atoms with E-state index in [9.17, 15) is 19.5 Å². The molecule has 0 saturated carbocycles. The van der Waals surface area contributed by atoms with E-state index in [1.165, 1.54) is 22.7 Å². The van der Waals surface area contributed by atoms with Crippen LogP contribution in [0, 0.1) is 0 Å². The SMILES string of the molecule is C=CCNC(C(=O)N[C@@H]1C(=O)N2[C@@H]1SC(C)(C)[C@]2(CC=C)C(=O)O)c1ccccc1. The van der Waals surface area contributed by atoms with E-state index in [1.807, 2.05) is 44.2 Å². The van der Waals surface area contributed by atoms with Crippen LogP contribution >= 0.6 is 11.8 Å². The quantitative estimate of drug-likeness (QED) is 0.411. The summed E-state index contributed by atoms with van der Waals surface area (Å²) < 4.78 is -0.743. The van der Waals surface area contributed by atoms with Crippen molar-refractivity contribution in [1.82, 2.24) is 15.5 Å². The highest BCUT2D eigenvalue weighted by atomic mass is 32.2. The monoisotopic (exact) mass is 429 g/mol. The number of nitrogens with zero attached hydrogens (tertiary/aromatic N) is 1. The number of carboxylic acid groups (broad SMARTS) is 1. The van der Waals surface area contributed by atoms with Crippen molar-refractivity contribution in [1.29, 1.82) is 0 Å². The van der Waals surface area contributed by atoms with Crippen LogP contribution in [0.15, 0.2) is 55.6 Å². The summed E-state index contributed by atoms with van der Waals surface area (Å²) >= 11 is 1.40. The first kappa shape index (κ1) is 22.1. The lowest BCUT2D eigenvalue weighted by molar-refractivity contribution is -0.171. The summed E-state index contributed by atoms with van der Waals surface area (Å²) in [6.45, 7) is 11.4. The van der Waals surface area contributed by atoms with Crippen molar-refractivity contribution in [3.63, 3.8) is 0 Å². The minimum Gasteiger partial charge on any atom is -0.479 e. The van der Waals surface area contributed by atoms with Gasteiger partial charge in [-0.15, -0.1) is 24.9 Å². The van der Waals surface area contributed by atoms with Gasteiger partial charge in [0.05, 0.1) is 0 Å². The van der Waals surface area contributed by atoms with Crippen LogP contribution in [-0.4, -0.2) is 56.0 Å². The van der Waals surface area contributed by atoms with Gasteiger partial charge in [0.2, 0.25) is 11.8 Å². The molecule has 0 aromatic heterocycles. The lowest BCUT2D eigenvalue weighted by Gasteiger charge is -2.49. The normalized spacial score (nSPS) is 27.5. The van der Waals surface area contributed by atoms with Gasteiger partial charge in [-0.2, -0.15) is 0 Å². The van der Waals surface area contributed by atoms with Crippen LogP contribution in [0.2, 0.25) is 0 Å². The van der Waals surface area contributed by atoms with Crippen LogP contribution in [0.3, 0.4) is 0 Å². The maximum Gasteiger partial charge on any atom is 0.331 e. The molecule has 3 N–H and O–H groups in total. The van der Waals surface area contributed by atoms with Crippen molar-refractivity contribution in [2.45, 2.75) is 48.0 Å². The molecule has 30 heavy (non-hydrogen) atoms. The molecule has 8 heteroatoms. The molecule has 160 valence electrons. The zero-order valence-electron chi connectivity index (χ0n) is 17.1. The number of hydrogen-bond donors (Lipinski definition) is 3. The van der Waals surface area contributed by atoms with Crippen LogP contribution < -0.4 is 10.6 Å². The summed E-state index contributed by atoms with van der Waals surface area (Å²) in [6.07, 6.45) is 3.33. The predicted octanol–water partition coefficient (Wildman–Crippen LogP) is 2.08. The van der Waals surface area contributed by atoms with Gasteiger partial charge >= 0.3 is 5.97 Å². The Hall–Kier alpha value is -2.58. The van der Waals surface area contributed by atoms with Crippen molar-refractivity contribution in [2.75, 3.05) is 6.54 Å². The van der Waals surface area contributed by atoms with E-state index >= 15 is 0 Å². The predicted molar refractivity (Wildman–Crippen MR) is 117 cm³/mol. The molecular formula is C22H27N3O4S.